The number of para-hydroxylation sites is 1. The first-order valence-corrected chi connectivity index (χ1v) is 9.48. The van der Waals surface area contributed by atoms with Crippen LogP contribution in [0, 0.1) is 33.8 Å². The Bertz CT molecular complexity index is 1050. The second kappa shape index (κ2) is 6.51. The largest absolute Gasteiger partial charge is 0.455 e. The van der Waals surface area contributed by atoms with E-state index in [-0.39, 0.29) is 41.2 Å². The van der Waals surface area contributed by atoms with Crippen molar-refractivity contribution < 1.29 is 18.9 Å². The maximum atomic E-state index is 12.8. The molecule has 8 heteroatoms. The molecule has 146 valence electrons. The van der Waals surface area contributed by atoms with E-state index in [0.29, 0.717) is 17.1 Å². The van der Waals surface area contributed by atoms with Crippen LogP contribution in [-0.2, 0) is 9.59 Å². The zero-order valence-corrected chi connectivity index (χ0v) is 15.3. The number of imide groups is 1. The van der Waals surface area contributed by atoms with Crippen molar-refractivity contribution in [2.75, 3.05) is 0 Å². The molecule has 4 unspecified atom stereocenters. The third-order valence-corrected chi connectivity index (χ3v) is 6.03. The lowest BCUT2D eigenvalue weighted by Crippen LogP contribution is -2.38. The summed E-state index contributed by atoms with van der Waals surface area (Å²) in [5.74, 6) is -0.332. The van der Waals surface area contributed by atoms with Crippen LogP contribution in [-0.4, -0.2) is 28.0 Å². The van der Waals surface area contributed by atoms with E-state index < -0.39 is 4.92 Å². The van der Waals surface area contributed by atoms with Crippen molar-refractivity contribution in [1.82, 2.24) is 5.01 Å². The quantitative estimate of drug-likeness (QED) is 0.261. The molecule has 29 heavy (non-hydrogen) atoms. The van der Waals surface area contributed by atoms with Gasteiger partial charge in [0.2, 0.25) is 0 Å². The Kier molecular flexibility index (Phi) is 3.94. The van der Waals surface area contributed by atoms with Crippen LogP contribution in [0.25, 0.3) is 11.3 Å². The molecule has 2 fully saturated rings. The molecule has 4 aliphatic rings. The van der Waals surface area contributed by atoms with Crippen LogP contribution in [0.1, 0.15) is 18.6 Å². The number of rotatable bonds is 4. The van der Waals surface area contributed by atoms with Gasteiger partial charge in [-0.25, -0.2) is 0 Å². The maximum absolute atomic E-state index is 12.8. The molecule has 0 N–H and O–H groups in total. The van der Waals surface area contributed by atoms with E-state index in [0.717, 1.165) is 17.9 Å². The van der Waals surface area contributed by atoms with E-state index >= 15 is 0 Å². The van der Waals surface area contributed by atoms with Crippen LogP contribution in [0.4, 0.5) is 5.69 Å². The lowest BCUT2D eigenvalue weighted by atomic mass is 9.63. The molecule has 1 aromatic carbocycles. The number of nitro groups is 1. The summed E-state index contributed by atoms with van der Waals surface area (Å²) in [5, 5.41) is 16.3. The van der Waals surface area contributed by atoms with Gasteiger partial charge in [-0.2, -0.15) is 10.1 Å². The van der Waals surface area contributed by atoms with Crippen LogP contribution in [0.5, 0.6) is 0 Å². The molecule has 2 heterocycles. The second-order valence-corrected chi connectivity index (χ2v) is 7.55. The average Bonchev–Trinajstić information content (AvgIpc) is 3.32. The van der Waals surface area contributed by atoms with Crippen molar-refractivity contribution in [2.24, 2.45) is 28.8 Å². The van der Waals surface area contributed by atoms with Crippen molar-refractivity contribution in [2.45, 2.75) is 12.8 Å². The highest BCUT2D eigenvalue weighted by molar-refractivity contribution is 6.06. The van der Waals surface area contributed by atoms with Crippen LogP contribution >= 0.6 is 0 Å². The number of nitro benzene ring substituents is 1. The van der Waals surface area contributed by atoms with E-state index in [1.807, 2.05) is 0 Å². The SMILES string of the molecule is O=C1C2C3C=CC(CC3)C2C(=O)N1/N=C/c1ccc(-c2ccccc2[N+](=O)[O-])o1. The molecule has 2 aromatic rings. The molecule has 4 atom stereocenters. The average molecular weight is 391 g/mol. The standard InChI is InChI=1S/C21H17N3O5/c25-20-18-12-5-6-13(8-7-12)19(18)21(26)23(20)22-11-14-9-10-17(29-14)15-3-1-2-4-16(15)24(27)28/h1-6,9-13,18-19H,7-8H2/b22-11+. The van der Waals surface area contributed by atoms with Crippen LogP contribution in [0.3, 0.4) is 0 Å². The van der Waals surface area contributed by atoms with E-state index in [9.17, 15) is 19.7 Å². The zero-order valence-electron chi connectivity index (χ0n) is 15.3. The van der Waals surface area contributed by atoms with Crippen molar-refractivity contribution in [3.63, 3.8) is 0 Å². The Balaban J connectivity index is 1.39. The summed E-state index contributed by atoms with van der Waals surface area (Å²) in [6.45, 7) is 0. The van der Waals surface area contributed by atoms with Crippen molar-refractivity contribution in [3.05, 3.63) is 64.4 Å². The molecule has 1 aliphatic heterocycles. The minimum atomic E-state index is -0.475. The van der Waals surface area contributed by atoms with E-state index in [1.54, 1.807) is 30.3 Å². The number of benzene rings is 1. The Morgan fingerprint density at radius 3 is 2.31 bits per heavy atom. The lowest BCUT2D eigenvalue weighted by Gasteiger charge is -2.37. The topological polar surface area (TPSA) is 106 Å². The van der Waals surface area contributed by atoms with Crippen molar-refractivity contribution >= 4 is 23.7 Å². The predicted molar refractivity (Wildman–Crippen MR) is 103 cm³/mol. The van der Waals surface area contributed by atoms with Crippen LogP contribution in [0.2, 0.25) is 0 Å². The highest BCUT2D eigenvalue weighted by Gasteiger charge is 2.56. The molecular weight excluding hydrogens is 374 g/mol. The second-order valence-electron chi connectivity index (χ2n) is 7.55. The van der Waals surface area contributed by atoms with Gasteiger partial charge in [0.25, 0.3) is 17.5 Å². The van der Waals surface area contributed by atoms with Crippen molar-refractivity contribution in [1.29, 1.82) is 0 Å². The molecule has 1 saturated carbocycles. The van der Waals surface area contributed by atoms with Gasteiger partial charge in [0, 0.05) is 6.07 Å². The van der Waals surface area contributed by atoms with Crippen molar-refractivity contribution in [3.8, 4) is 11.3 Å². The summed E-state index contributed by atoms with van der Waals surface area (Å²) < 4.78 is 5.65. The number of amides is 2. The summed E-state index contributed by atoms with van der Waals surface area (Å²) in [6, 6.07) is 9.46. The smallest absolute Gasteiger partial charge is 0.280 e. The van der Waals surface area contributed by atoms with Gasteiger partial charge in [-0.3, -0.25) is 19.7 Å². The van der Waals surface area contributed by atoms with E-state index in [4.69, 9.17) is 4.42 Å². The zero-order chi connectivity index (χ0) is 20.1. The summed E-state index contributed by atoms with van der Waals surface area (Å²) in [6.07, 6.45) is 7.27. The normalized spacial score (nSPS) is 27.8. The summed E-state index contributed by atoms with van der Waals surface area (Å²) in [7, 11) is 0. The first kappa shape index (κ1) is 17.5. The molecule has 0 radical (unpaired) electrons. The molecule has 1 saturated heterocycles. The number of furan rings is 1. The van der Waals surface area contributed by atoms with Gasteiger partial charge in [-0.1, -0.05) is 24.3 Å². The van der Waals surface area contributed by atoms with Gasteiger partial charge in [0.1, 0.15) is 11.5 Å². The number of nitrogens with zero attached hydrogens (tertiary/aromatic N) is 3. The van der Waals surface area contributed by atoms with Crippen LogP contribution < -0.4 is 0 Å². The molecule has 1 aromatic heterocycles. The molecule has 8 nitrogen and oxygen atoms in total. The number of carbonyl (C=O) groups excluding carboxylic acids is 2. The Hall–Kier alpha value is -3.55. The lowest BCUT2D eigenvalue weighted by molar-refractivity contribution is -0.384. The number of hydrogen-bond donors (Lipinski definition) is 0. The number of allylic oxidation sites excluding steroid dienone is 2. The van der Waals surface area contributed by atoms with Gasteiger partial charge in [0.05, 0.1) is 28.5 Å². The first-order valence-electron chi connectivity index (χ1n) is 9.48. The number of hydrazone groups is 1. The fourth-order valence-corrected chi connectivity index (χ4v) is 4.70. The molecule has 3 aliphatic carbocycles. The van der Waals surface area contributed by atoms with Gasteiger partial charge in [0.15, 0.2) is 0 Å². The fourth-order valence-electron chi connectivity index (χ4n) is 4.70. The first-order chi connectivity index (χ1) is 14.0. The van der Waals surface area contributed by atoms with E-state index in [2.05, 4.69) is 17.3 Å². The molecular formula is C21H17N3O5. The predicted octanol–water partition coefficient (Wildman–Crippen LogP) is 3.39. The molecule has 0 spiro atoms. The number of fused-ring (bicyclic) bond motifs is 1. The summed E-state index contributed by atoms with van der Waals surface area (Å²) in [5.41, 5.74) is 0.279. The number of hydrogen-bond acceptors (Lipinski definition) is 6. The Labute approximate surface area is 165 Å². The Morgan fingerprint density at radius 1 is 1.03 bits per heavy atom. The molecule has 2 bridgehead atoms. The summed E-state index contributed by atoms with van der Waals surface area (Å²) in [4.78, 5) is 36.3. The monoisotopic (exact) mass is 391 g/mol. The molecule has 2 amide bonds. The summed E-state index contributed by atoms with van der Waals surface area (Å²) >= 11 is 0. The number of carbonyl (C=O) groups is 2. The fraction of sp³-hybridized carbons (Fsp3) is 0.286. The van der Waals surface area contributed by atoms with Gasteiger partial charge >= 0.3 is 0 Å². The Morgan fingerprint density at radius 2 is 1.69 bits per heavy atom. The van der Waals surface area contributed by atoms with Crippen LogP contribution in [0.15, 0.2) is 58.1 Å². The van der Waals surface area contributed by atoms with Gasteiger partial charge in [-0.05, 0) is 42.9 Å². The third kappa shape index (κ3) is 2.71. The highest BCUT2D eigenvalue weighted by atomic mass is 16.6. The van der Waals surface area contributed by atoms with Gasteiger partial charge < -0.3 is 4.42 Å². The van der Waals surface area contributed by atoms with Gasteiger partial charge in [-0.15, -0.1) is 0 Å². The molecule has 6 rings (SSSR count). The maximum Gasteiger partial charge on any atom is 0.280 e. The van der Waals surface area contributed by atoms with E-state index in [1.165, 1.54) is 12.3 Å². The minimum Gasteiger partial charge on any atom is -0.455 e. The highest BCUT2D eigenvalue weighted by Crippen LogP contribution is 2.49. The minimum absolute atomic E-state index is 0.0673. The third-order valence-electron chi connectivity index (χ3n) is 6.03.